The van der Waals surface area contributed by atoms with Gasteiger partial charge in [0.2, 0.25) is 0 Å². The molecule has 2 amide bonds. The first-order valence-corrected chi connectivity index (χ1v) is 19.2. The molecular formula is C43H51F3N4O8. The van der Waals surface area contributed by atoms with Crippen LogP contribution in [-0.2, 0) is 42.9 Å². The zero-order valence-electron chi connectivity index (χ0n) is 32.8. The second-order valence-corrected chi connectivity index (χ2v) is 13.1. The number of carboxylic acids is 1. The SMILES string of the molecule is CCN(CC)c1ccc(NC(=O)c2cccc(CCCOCCOCCOCCOCCC(=O)O)c2)c(-c2cc(C(=O)NCc3cccc(C(F)(F)F)c3)ccn2)c1. The summed E-state index contributed by atoms with van der Waals surface area (Å²) >= 11 is 0. The van der Waals surface area contributed by atoms with E-state index in [-0.39, 0.29) is 31.0 Å². The monoisotopic (exact) mass is 808 g/mol. The molecule has 0 fully saturated rings. The number of hydrogen-bond acceptors (Lipinski definition) is 9. The predicted octanol–water partition coefficient (Wildman–Crippen LogP) is 7.27. The molecule has 0 aliphatic carbocycles. The lowest BCUT2D eigenvalue weighted by atomic mass is 10.0. The molecule has 0 saturated heterocycles. The number of benzene rings is 3. The van der Waals surface area contributed by atoms with Crippen LogP contribution in [0.2, 0.25) is 0 Å². The molecule has 0 spiro atoms. The number of hydrogen-bond donors (Lipinski definition) is 3. The second kappa shape index (κ2) is 23.8. The maximum atomic E-state index is 13.6. The number of aryl methyl sites for hydroxylation is 1. The number of anilines is 2. The van der Waals surface area contributed by atoms with Gasteiger partial charge >= 0.3 is 12.1 Å². The van der Waals surface area contributed by atoms with E-state index < -0.39 is 23.6 Å². The number of amides is 2. The lowest BCUT2D eigenvalue weighted by Crippen LogP contribution is -2.23. The van der Waals surface area contributed by atoms with Gasteiger partial charge in [0.15, 0.2) is 0 Å². The number of ether oxygens (including phenoxy) is 4. The third kappa shape index (κ3) is 15.2. The zero-order valence-corrected chi connectivity index (χ0v) is 32.8. The van der Waals surface area contributed by atoms with Crippen molar-refractivity contribution in [2.45, 2.75) is 45.8 Å². The van der Waals surface area contributed by atoms with E-state index in [9.17, 15) is 27.6 Å². The highest BCUT2D eigenvalue weighted by molar-refractivity contribution is 6.06. The van der Waals surface area contributed by atoms with E-state index >= 15 is 0 Å². The maximum Gasteiger partial charge on any atom is 0.416 e. The summed E-state index contributed by atoms with van der Waals surface area (Å²) < 4.78 is 61.3. The number of carbonyl (C=O) groups excluding carboxylic acids is 2. The van der Waals surface area contributed by atoms with Gasteiger partial charge in [0.1, 0.15) is 0 Å². The first-order chi connectivity index (χ1) is 28.0. The molecule has 12 nitrogen and oxygen atoms in total. The van der Waals surface area contributed by atoms with Crippen LogP contribution in [0.1, 0.15) is 64.1 Å². The highest BCUT2D eigenvalue weighted by atomic mass is 19.4. The third-order valence-corrected chi connectivity index (χ3v) is 8.90. The van der Waals surface area contributed by atoms with E-state index in [0.29, 0.717) is 80.7 Å². The third-order valence-electron chi connectivity index (χ3n) is 8.90. The Labute approximate surface area is 336 Å². The summed E-state index contributed by atoms with van der Waals surface area (Å²) in [5.41, 5.74) is 3.63. The van der Waals surface area contributed by atoms with Crippen molar-refractivity contribution in [2.75, 3.05) is 76.2 Å². The Balaban J connectivity index is 1.31. The average molecular weight is 809 g/mol. The number of aromatic nitrogens is 1. The van der Waals surface area contributed by atoms with E-state index in [0.717, 1.165) is 42.9 Å². The molecule has 0 radical (unpaired) electrons. The van der Waals surface area contributed by atoms with Crippen LogP contribution in [0.4, 0.5) is 24.5 Å². The van der Waals surface area contributed by atoms with Crippen molar-refractivity contribution in [2.24, 2.45) is 0 Å². The van der Waals surface area contributed by atoms with Crippen molar-refractivity contribution in [3.05, 3.63) is 113 Å². The number of pyridine rings is 1. The summed E-state index contributed by atoms with van der Waals surface area (Å²) in [4.78, 5) is 43.9. The van der Waals surface area contributed by atoms with Gasteiger partial charge in [0, 0.05) is 54.8 Å². The number of aliphatic carboxylic acids is 1. The lowest BCUT2D eigenvalue weighted by molar-refractivity contribution is -0.139. The van der Waals surface area contributed by atoms with Crippen molar-refractivity contribution in [3.8, 4) is 11.3 Å². The van der Waals surface area contributed by atoms with Crippen LogP contribution < -0.4 is 15.5 Å². The second-order valence-electron chi connectivity index (χ2n) is 13.1. The van der Waals surface area contributed by atoms with Gasteiger partial charge in [0.25, 0.3) is 11.8 Å². The molecule has 1 aromatic heterocycles. The Kier molecular flexibility index (Phi) is 18.6. The number of halogens is 3. The maximum absolute atomic E-state index is 13.6. The van der Waals surface area contributed by atoms with Gasteiger partial charge in [-0.2, -0.15) is 13.2 Å². The molecule has 58 heavy (non-hydrogen) atoms. The van der Waals surface area contributed by atoms with E-state index in [2.05, 4.69) is 20.5 Å². The summed E-state index contributed by atoms with van der Waals surface area (Å²) in [7, 11) is 0. The van der Waals surface area contributed by atoms with Gasteiger partial charge in [-0.3, -0.25) is 19.4 Å². The molecule has 4 rings (SSSR count). The summed E-state index contributed by atoms with van der Waals surface area (Å²) in [6.45, 7) is 8.47. The molecule has 15 heteroatoms. The Bertz CT molecular complexity index is 1920. The average Bonchev–Trinajstić information content (AvgIpc) is 3.22. The van der Waals surface area contributed by atoms with Gasteiger partial charge in [0.05, 0.1) is 69.6 Å². The molecular weight excluding hydrogens is 757 g/mol. The molecule has 3 aromatic carbocycles. The quantitative estimate of drug-likeness (QED) is 0.0584. The number of nitrogens with zero attached hydrogens (tertiary/aromatic N) is 2. The topological polar surface area (TPSA) is 149 Å². The molecule has 0 aliphatic rings. The van der Waals surface area contributed by atoms with E-state index in [1.54, 1.807) is 12.1 Å². The van der Waals surface area contributed by atoms with Crippen LogP contribution in [0.5, 0.6) is 0 Å². The lowest BCUT2D eigenvalue weighted by Gasteiger charge is -2.23. The fourth-order valence-electron chi connectivity index (χ4n) is 5.86. The highest BCUT2D eigenvalue weighted by Gasteiger charge is 2.30. The Hall–Kier alpha value is -5.35. The largest absolute Gasteiger partial charge is 0.481 e. The minimum Gasteiger partial charge on any atom is -0.481 e. The molecule has 1 heterocycles. The van der Waals surface area contributed by atoms with Gasteiger partial charge in [-0.25, -0.2) is 0 Å². The predicted molar refractivity (Wildman–Crippen MR) is 214 cm³/mol. The van der Waals surface area contributed by atoms with Crippen LogP contribution in [0.25, 0.3) is 11.3 Å². The minimum absolute atomic E-state index is 0.0344. The van der Waals surface area contributed by atoms with Gasteiger partial charge in [-0.15, -0.1) is 0 Å². The first kappa shape index (κ1) is 45.4. The molecule has 0 atom stereocenters. The molecule has 0 unspecified atom stereocenters. The number of carboxylic acid groups (broad SMARTS) is 1. The van der Waals surface area contributed by atoms with Crippen molar-refractivity contribution in [1.29, 1.82) is 0 Å². The Morgan fingerprint density at radius 3 is 2.03 bits per heavy atom. The number of nitrogens with one attached hydrogen (secondary N) is 2. The van der Waals surface area contributed by atoms with Crippen molar-refractivity contribution >= 4 is 29.2 Å². The first-order valence-electron chi connectivity index (χ1n) is 19.2. The number of alkyl halides is 3. The van der Waals surface area contributed by atoms with Crippen molar-refractivity contribution < 1.29 is 51.6 Å². The summed E-state index contributed by atoms with van der Waals surface area (Å²) in [5, 5.41) is 14.3. The fourth-order valence-corrected chi connectivity index (χ4v) is 5.86. The molecule has 0 saturated carbocycles. The Morgan fingerprint density at radius 1 is 0.724 bits per heavy atom. The molecule has 312 valence electrons. The van der Waals surface area contributed by atoms with Crippen LogP contribution in [0.15, 0.2) is 85.1 Å². The van der Waals surface area contributed by atoms with E-state index in [4.69, 9.17) is 24.1 Å². The smallest absolute Gasteiger partial charge is 0.416 e. The van der Waals surface area contributed by atoms with Gasteiger partial charge in [-0.1, -0.05) is 24.3 Å². The zero-order chi connectivity index (χ0) is 41.8. The fraction of sp³-hybridized carbons (Fsp3) is 0.395. The summed E-state index contributed by atoms with van der Waals surface area (Å²) in [5.74, 6) is -1.71. The number of rotatable bonds is 25. The van der Waals surface area contributed by atoms with Crippen LogP contribution in [0, 0.1) is 0 Å². The molecule has 0 bridgehead atoms. The standard InChI is InChI=1S/C43H51F3N4O8/c1-3-50(4-2)36-13-14-38(37(29-36)39-28-34(15-17-47-39)41(53)48-30-32-9-6-12-35(27-32)43(44,45)46)49-42(54)33-11-5-8-31(26-33)10-7-18-55-20-22-57-24-25-58-23-21-56-19-16-40(51)52/h5-6,8-9,11-15,17,26-29H,3-4,7,10,16,18-25,30H2,1-2H3,(H,48,53)(H,49,54)(H,51,52). The van der Waals surface area contributed by atoms with Crippen LogP contribution in [0.3, 0.4) is 0 Å². The molecule has 0 aliphatic heterocycles. The van der Waals surface area contributed by atoms with Crippen molar-refractivity contribution in [3.63, 3.8) is 0 Å². The summed E-state index contributed by atoms with van der Waals surface area (Å²) in [6.07, 6.45) is -1.61. The van der Waals surface area contributed by atoms with Gasteiger partial charge < -0.3 is 39.6 Å². The highest BCUT2D eigenvalue weighted by Crippen LogP contribution is 2.33. The molecule has 3 N–H and O–H groups in total. The Morgan fingerprint density at radius 2 is 1.36 bits per heavy atom. The normalized spacial score (nSPS) is 11.3. The summed E-state index contributed by atoms with van der Waals surface area (Å²) in [6, 6.07) is 20.9. The molecule has 4 aromatic rings. The van der Waals surface area contributed by atoms with Crippen LogP contribution in [-0.4, -0.2) is 93.8 Å². The van der Waals surface area contributed by atoms with Gasteiger partial charge in [-0.05, 0) is 92.4 Å². The van der Waals surface area contributed by atoms with E-state index in [1.165, 1.54) is 24.4 Å². The minimum atomic E-state index is -4.49. The van der Waals surface area contributed by atoms with Crippen LogP contribution >= 0.6 is 0 Å². The number of carbonyl (C=O) groups is 3. The van der Waals surface area contributed by atoms with E-state index in [1.807, 2.05) is 50.2 Å². The van der Waals surface area contributed by atoms with Crippen molar-refractivity contribution in [1.82, 2.24) is 10.3 Å².